The van der Waals surface area contributed by atoms with Gasteiger partial charge in [0.15, 0.2) is 6.73 Å². The molecule has 9 nitrogen and oxygen atoms in total. The van der Waals surface area contributed by atoms with Crippen LogP contribution in [0.1, 0.15) is 12.5 Å². The summed E-state index contributed by atoms with van der Waals surface area (Å²) < 4.78 is 10.8. The molecule has 5 rings (SSSR count). The van der Waals surface area contributed by atoms with E-state index in [4.69, 9.17) is 14.3 Å². The number of hydrogen-bond donors (Lipinski definition) is 3. The first-order valence-electron chi connectivity index (χ1n) is 9.01. The molecule has 9 heteroatoms. The number of rotatable bonds is 4. The average Bonchev–Trinajstić information content (AvgIpc) is 3.32. The van der Waals surface area contributed by atoms with Crippen molar-refractivity contribution in [1.82, 2.24) is 5.48 Å². The molecule has 1 unspecified atom stereocenters. The number of anilines is 3. The topological polar surface area (TPSA) is 103 Å². The lowest BCUT2D eigenvalue weighted by atomic mass is 10.1. The number of hydrogen-bond acceptors (Lipinski definition) is 9. The van der Waals surface area contributed by atoms with E-state index in [2.05, 4.69) is 27.2 Å². The molecule has 2 bridgehead atoms. The van der Waals surface area contributed by atoms with Crippen LogP contribution >= 0.6 is 0 Å². The number of allylic oxidation sites excluding steroid dienone is 1. The quantitative estimate of drug-likeness (QED) is 0.732. The fourth-order valence-electron chi connectivity index (χ4n) is 3.53. The molecular formula is C20H18N6O3. The SMILES string of the molecule is COc1cc(NC23N=CC(C)=C(NO2)N3c2ccc3c(c2)NCO3)ccc1C#N. The summed E-state index contributed by atoms with van der Waals surface area (Å²) >= 11 is 0. The molecule has 1 atom stereocenters. The summed E-state index contributed by atoms with van der Waals surface area (Å²) in [5.74, 6) is 0.825. The van der Waals surface area contributed by atoms with E-state index in [1.807, 2.05) is 30.0 Å². The molecule has 3 aliphatic rings. The largest absolute Gasteiger partial charge is 0.495 e. The molecule has 0 aromatic heterocycles. The number of nitriles is 1. The number of nitrogens with zero attached hydrogens (tertiary/aromatic N) is 3. The summed E-state index contributed by atoms with van der Waals surface area (Å²) in [6, 6.07) is 13.2. The molecule has 2 aromatic rings. The van der Waals surface area contributed by atoms with Crippen molar-refractivity contribution in [1.29, 1.82) is 5.26 Å². The number of benzene rings is 2. The fraction of sp³-hybridized carbons (Fsp3) is 0.200. The first kappa shape index (κ1) is 17.2. The maximum Gasteiger partial charge on any atom is 0.351 e. The van der Waals surface area contributed by atoms with Gasteiger partial charge >= 0.3 is 5.97 Å². The molecule has 0 amide bonds. The van der Waals surface area contributed by atoms with Gasteiger partial charge in [-0.25, -0.2) is 15.3 Å². The lowest BCUT2D eigenvalue weighted by Gasteiger charge is -2.36. The Hall–Kier alpha value is -3.90. The van der Waals surface area contributed by atoms with Crippen LogP contribution in [0.25, 0.3) is 0 Å². The van der Waals surface area contributed by atoms with E-state index in [-0.39, 0.29) is 0 Å². The maximum absolute atomic E-state index is 9.22. The van der Waals surface area contributed by atoms with Gasteiger partial charge in [0, 0.05) is 23.5 Å². The van der Waals surface area contributed by atoms with Crippen molar-refractivity contribution < 1.29 is 14.3 Å². The first-order valence-corrected chi connectivity index (χ1v) is 9.01. The number of fused-ring (bicyclic) bond motifs is 3. The zero-order valence-corrected chi connectivity index (χ0v) is 15.8. The maximum atomic E-state index is 9.22. The number of ether oxygens (including phenoxy) is 2. The molecule has 0 spiro atoms. The number of methoxy groups -OCH3 is 1. The normalized spacial score (nSPS) is 21.1. The van der Waals surface area contributed by atoms with Crippen LogP contribution in [-0.2, 0) is 4.84 Å². The predicted octanol–water partition coefficient (Wildman–Crippen LogP) is 2.71. The van der Waals surface area contributed by atoms with E-state index >= 15 is 0 Å². The highest BCUT2D eigenvalue weighted by atomic mass is 16.7. The Morgan fingerprint density at radius 1 is 1.31 bits per heavy atom. The number of hydroxylamine groups is 1. The molecule has 0 radical (unpaired) electrons. The fourth-order valence-corrected chi connectivity index (χ4v) is 3.53. The molecule has 1 saturated heterocycles. The second-order valence-electron chi connectivity index (χ2n) is 6.74. The summed E-state index contributed by atoms with van der Waals surface area (Å²) in [4.78, 5) is 12.5. The Morgan fingerprint density at radius 2 is 2.21 bits per heavy atom. The molecule has 3 heterocycles. The summed E-state index contributed by atoms with van der Waals surface area (Å²) in [5.41, 5.74) is 6.82. The van der Waals surface area contributed by atoms with Gasteiger partial charge in [-0.3, -0.25) is 4.90 Å². The van der Waals surface area contributed by atoms with Gasteiger partial charge < -0.3 is 20.1 Å². The minimum Gasteiger partial charge on any atom is -0.495 e. The van der Waals surface area contributed by atoms with Crippen LogP contribution in [0.3, 0.4) is 0 Å². The monoisotopic (exact) mass is 390 g/mol. The van der Waals surface area contributed by atoms with Crippen molar-refractivity contribution in [3.8, 4) is 17.6 Å². The Morgan fingerprint density at radius 3 is 3.03 bits per heavy atom. The van der Waals surface area contributed by atoms with E-state index in [9.17, 15) is 5.26 Å². The van der Waals surface area contributed by atoms with E-state index in [0.29, 0.717) is 23.7 Å². The number of aliphatic imine (C=N–C) groups is 1. The molecule has 1 fully saturated rings. The molecule has 3 aliphatic heterocycles. The minimum atomic E-state index is -1.23. The van der Waals surface area contributed by atoms with Crippen molar-refractivity contribution in [3.63, 3.8) is 0 Å². The molecule has 0 saturated carbocycles. The van der Waals surface area contributed by atoms with Crippen LogP contribution in [0.15, 0.2) is 52.8 Å². The van der Waals surface area contributed by atoms with Gasteiger partial charge in [-0.1, -0.05) is 0 Å². The van der Waals surface area contributed by atoms with Gasteiger partial charge in [0.2, 0.25) is 0 Å². The predicted molar refractivity (Wildman–Crippen MR) is 108 cm³/mol. The number of nitrogens with one attached hydrogen (secondary N) is 3. The third-order valence-corrected chi connectivity index (χ3v) is 4.96. The van der Waals surface area contributed by atoms with Crippen LogP contribution in [-0.4, -0.2) is 26.0 Å². The first-order chi connectivity index (χ1) is 14.1. The van der Waals surface area contributed by atoms with Crippen LogP contribution in [0.4, 0.5) is 17.1 Å². The second-order valence-corrected chi connectivity index (χ2v) is 6.74. The van der Waals surface area contributed by atoms with Crippen molar-refractivity contribution in [2.45, 2.75) is 12.9 Å². The Kier molecular flexibility index (Phi) is 3.75. The highest BCUT2D eigenvalue weighted by Gasteiger charge is 2.49. The van der Waals surface area contributed by atoms with Crippen LogP contribution in [0.5, 0.6) is 11.5 Å². The van der Waals surface area contributed by atoms with Crippen LogP contribution < -0.4 is 30.5 Å². The van der Waals surface area contributed by atoms with E-state index < -0.39 is 5.97 Å². The van der Waals surface area contributed by atoms with Gasteiger partial charge in [-0.15, -0.1) is 0 Å². The van der Waals surface area contributed by atoms with Crippen molar-refractivity contribution in [2.24, 2.45) is 4.99 Å². The second kappa shape index (κ2) is 6.32. The third-order valence-electron chi connectivity index (χ3n) is 4.96. The van der Waals surface area contributed by atoms with Gasteiger partial charge in [-0.05, 0) is 37.3 Å². The molecular weight excluding hydrogens is 372 g/mol. The molecule has 3 N–H and O–H groups in total. The van der Waals surface area contributed by atoms with E-state index in [0.717, 1.165) is 28.5 Å². The molecule has 2 aromatic carbocycles. The van der Waals surface area contributed by atoms with E-state index in [1.54, 1.807) is 24.4 Å². The Bertz CT molecular complexity index is 1110. The highest BCUT2D eigenvalue weighted by molar-refractivity contribution is 5.85. The van der Waals surface area contributed by atoms with Crippen molar-refractivity contribution >= 4 is 23.3 Å². The van der Waals surface area contributed by atoms with E-state index in [1.165, 1.54) is 7.11 Å². The molecule has 29 heavy (non-hydrogen) atoms. The lowest BCUT2D eigenvalue weighted by Crippen LogP contribution is -2.51. The van der Waals surface area contributed by atoms with Crippen LogP contribution in [0, 0.1) is 11.3 Å². The molecule has 0 aliphatic carbocycles. The van der Waals surface area contributed by atoms with Gasteiger partial charge in [0.05, 0.1) is 24.0 Å². The Labute approximate surface area is 167 Å². The zero-order chi connectivity index (χ0) is 20.0. The van der Waals surface area contributed by atoms with Crippen molar-refractivity contribution in [3.05, 3.63) is 53.4 Å². The third kappa shape index (κ3) is 2.61. The zero-order valence-electron chi connectivity index (χ0n) is 15.8. The smallest absolute Gasteiger partial charge is 0.351 e. The standard InChI is InChI=1S/C20H18N6O3/c1-12-10-23-20(24-14-4-3-13(9-21)18(7-14)27-2)26(19(12)25-29-20)15-5-6-17-16(8-15)22-11-28-17/h3-8,10,22,24-25H,11H2,1-2H3. The Balaban J connectivity index is 1.56. The highest BCUT2D eigenvalue weighted by Crippen LogP contribution is 2.42. The minimum absolute atomic E-state index is 0.446. The van der Waals surface area contributed by atoms with Gasteiger partial charge in [-0.2, -0.15) is 5.26 Å². The molecule has 146 valence electrons. The summed E-state index contributed by atoms with van der Waals surface area (Å²) in [6.45, 7) is 2.40. The summed E-state index contributed by atoms with van der Waals surface area (Å²) in [7, 11) is 1.53. The summed E-state index contributed by atoms with van der Waals surface area (Å²) in [5, 5.41) is 15.7. The van der Waals surface area contributed by atoms with Crippen LogP contribution in [0.2, 0.25) is 0 Å². The van der Waals surface area contributed by atoms with Gasteiger partial charge in [0.1, 0.15) is 23.4 Å². The summed E-state index contributed by atoms with van der Waals surface area (Å²) in [6.07, 6.45) is 1.76. The van der Waals surface area contributed by atoms with Crippen molar-refractivity contribution in [2.75, 3.05) is 29.4 Å². The lowest BCUT2D eigenvalue weighted by molar-refractivity contribution is -0.0214. The average molecular weight is 390 g/mol. The van der Waals surface area contributed by atoms with Gasteiger partial charge in [0.25, 0.3) is 0 Å².